The fourth-order valence-electron chi connectivity index (χ4n) is 0.572. The molecule has 0 unspecified atom stereocenters. The van der Waals surface area contributed by atoms with E-state index in [4.69, 9.17) is 0 Å². The molecule has 0 aliphatic heterocycles. The Morgan fingerprint density at radius 3 is 2.09 bits per heavy atom. The molecule has 2 heterocycles. The predicted molar refractivity (Wildman–Crippen MR) is 47.5 cm³/mol. The van der Waals surface area contributed by atoms with Crippen molar-refractivity contribution in [3.05, 3.63) is 41.4 Å². The number of hydrogen-bond donors (Lipinski definition) is 0. The molecule has 58 valence electrons. The zero-order valence-electron chi connectivity index (χ0n) is 6.34. The van der Waals surface area contributed by atoms with Crippen LogP contribution >= 0.6 is 11.3 Å². The summed E-state index contributed by atoms with van der Waals surface area (Å²) in [6.45, 7) is 0. The first-order valence-electron chi connectivity index (χ1n) is 3.30. The maximum Gasteiger partial charge on any atom is 0.0489 e. The molecule has 0 aliphatic rings. The van der Waals surface area contributed by atoms with Crippen molar-refractivity contribution in [1.29, 1.82) is 0 Å². The average molecular weight is 166 g/mol. The summed E-state index contributed by atoms with van der Waals surface area (Å²) in [6, 6.07) is 5.93. The lowest BCUT2D eigenvalue weighted by Gasteiger charge is -1.77. The summed E-state index contributed by atoms with van der Waals surface area (Å²) in [5.41, 5.74) is 0. The number of aromatic nitrogens is 2. The van der Waals surface area contributed by atoms with E-state index in [9.17, 15) is 0 Å². The van der Waals surface area contributed by atoms with Gasteiger partial charge < -0.3 is 0 Å². The molecule has 0 fully saturated rings. The first kappa shape index (κ1) is 8.01. The molecular formula is C8H10N2S. The van der Waals surface area contributed by atoms with E-state index in [0.717, 1.165) is 0 Å². The number of aryl methyl sites for hydroxylation is 1. The Hall–Kier alpha value is -1.09. The van der Waals surface area contributed by atoms with E-state index in [1.54, 1.807) is 22.2 Å². The summed E-state index contributed by atoms with van der Waals surface area (Å²) in [6.07, 6.45) is 3.64. The molecule has 2 aromatic rings. The van der Waals surface area contributed by atoms with Gasteiger partial charge in [0.1, 0.15) is 0 Å². The fraction of sp³-hybridized carbons (Fsp3) is 0.125. The van der Waals surface area contributed by atoms with Gasteiger partial charge in [-0.15, -0.1) is 0 Å². The Balaban J connectivity index is 0.000000112. The van der Waals surface area contributed by atoms with E-state index in [-0.39, 0.29) is 0 Å². The number of nitrogens with zero attached hydrogens (tertiary/aromatic N) is 2. The third-order valence-corrected chi connectivity index (χ3v) is 1.69. The molecule has 0 radical (unpaired) electrons. The van der Waals surface area contributed by atoms with Crippen LogP contribution in [0, 0.1) is 0 Å². The van der Waals surface area contributed by atoms with Crippen LogP contribution in [0.4, 0.5) is 0 Å². The molecule has 0 atom stereocenters. The lowest BCUT2D eigenvalue weighted by molar-refractivity contribution is 0.768. The van der Waals surface area contributed by atoms with Gasteiger partial charge in [0, 0.05) is 19.4 Å². The predicted octanol–water partition coefficient (Wildman–Crippen LogP) is 2.17. The maximum atomic E-state index is 3.83. The Labute approximate surface area is 70.1 Å². The van der Waals surface area contributed by atoms with Gasteiger partial charge in [0.15, 0.2) is 0 Å². The van der Waals surface area contributed by atoms with Crippen molar-refractivity contribution in [1.82, 2.24) is 9.78 Å². The van der Waals surface area contributed by atoms with Gasteiger partial charge in [-0.05, 0) is 16.8 Å². The molecule has 0 saturated heterocycles. The highest BCUT2D eigenvalue weighted by atomic mass is 32.1. The maximum absolute atomic E-state index is 3.83. The smallest absolute Gasteiger partial charge is 0.0489 e. The lowest BCUT2D eigenvalue weighted by atomic mass is 10.7. The highest BCUT2D eigenvalue weighted by Gasteiger charge is 1.69. The third-order valence-electron chi connectivity index (χ3n) is 1.06. The van der Waals surface area contributed by atoms with Crippen molar-refractivity contribution < 1.29 is 0 Å². The second-order valence-corrected chi connectivity index (χ2v) is 2.79. The molecule has 2 aromatic heterocycles. The summed E-state index contributed by atoms with van der Waals surface area (Å²) in [4.78, 5) is 0. The molecule has 2 nitrogen and oxygen atoms in total. The standard InChI is InChI=1S/C4H6N2.C4H4S/c1-6-4-2-3-5-6;1-2-4-5-3-1/h2-4H,1H3;1-4H. The van der Waals surface area contributed by atoms with Crippen LogP contribution in [0.3, 0.4) is 0 Å². The molecule has 0 saturated carbocycles. The van der Waals surface area contributed by atoms with Crippen LogP contribution in [0.5, 0.6) is 0 Å². The zero-order chi connectivity index (χ0) is 7.94. The van der Waals surface area contributed by atoms with E-state index in [1.165, 1.54) is 0 Å². The summed E-state index contributed by atoms with van der Waals surface area (Å²) in [5.74, 6) is 0. The Kier molecular flexibility index (Phi) is 3.41. The van der Waals surface area contributed by atoms with Crippen molar-refractivity contribution in [3.8, 4) is 0 Å². The molecule has 0 N–H and O–H groups in total. The van der Waals surface area contributed by atoms with Crippen molar-refractivity contribution in [2.75, 3.05) is 0 Å². The van der Waals surface area contributed by atoms with E-state index in [1.807, 2.05) is 42.2 Å². The van der Waals surface area contributed by atoms with Crippen LogP contribution in [-0.4, -0.2) is 9.78 Å². The molecule has 0 bridgehead atoms. The number of thiophene rings is 1. The summed E-state index contributed by atoms with van der Waals surface area (Å²) < 4.78 is 1.75. The minimum Gasteiger partial charge on any atom is -0.276 e. The van der Waals surface area contributed by atoms with Crippen molar-refractivity contribution in [2.45, 2.75) is 0 Å². The molecule has 11 heavy (non-hydrogen) atoms. The molecule has 0 spiro atoms. The number of hydrogen-bond acceptors (Lipinski definition) is 2. The lowest BCUT2D eigenvalue weighted by Crippen LogP contribution is -1.83. The monoisotopic (exact) mass is 166 g/mol. The largest absolute Gasteiger partial charge is 0.276 e. The second kappa shape index (κ2) is 4.68. The normalized spacial score (nSPS) is 8.45. The van der Waals surface area contributed by atoms with Gasteiger partial charge in [-0.1, -0.05) is 12.1 Å². The van der Waals surface area contributed by atoms with Crippen LogP contribution in [0.2, 0.25) is 0 Å². The second-order valence-electron chi connectivity index (χ2n) is 1.97. The SMILES string of the molecule is Cn1cccn1.c1ccsc1. The van der Waals surface area contributed by atoms with Crippen molar-refractivity contribution in [2.24, 2.45) is 7.05 Å². The average Bonchev–Trinajstić information content (AvgIpc) is 2.57. The number of rotatable bonds is 0. The van der Waals surface area contributed by atoms with Gasteiger partial charge in [0.05, 0.1) is 0 Å². The molecule has 0 aromatic carbocycles. The quantitative estimate of drug-likeness (QED) is 0.586. The minimum atomic E-state index is 1.71. The summed E-state index contributed by atoms with van der Waals surface area (Å²) in [5, 5.41) is 7.92. The molecule has 2 rings (SSSR count). The highest BCUT2D eigenvalue weighted by Crippen LogP contribution is 1.91. The van der Waals surface area contributed by atoms with Gasteiger partial charge in [-0.3, -0.25) is 4.68 Å². The van der Waals surface area contributed by atoms with Gasteiger partial charge in [-0.2, -0.15) is 16.4 Å². The van der Waals surface area contributed by atoms with Gasteiger partial charge in [0.25, 0.3) is 0 Å². The van der Waals surface area contributed by atoms with E-state index in [2.05, 4.69) is 5.10 Å². The minimum absolute atomic E-state index is 1.71. The first-order valence-corrected chi connectivity index (χ1v) is 4.24. The van der Waals surface area contributed by atoms with Gasteiger partial charge >= 0.3 is 0 Å². The van der Waals surface area contributed by atoms with Gasteiger partial charge in [0.2, 0.25) is 0 Å². The fourth-order valence-corrected chi connectivity index (χ4v) is 1.03. The molecule has 0 aliphatic carbocycles. The third kappa shape index (κ3) is 3.57. The van der Waals surface area contributed by atoms with Crippen molar-refractivity contribution >= 4 is 11.3 Å². The topological polar surface area (TPSA) is 17.8 Å². The van der Waals surface area contributed by atoms with Crippen molar-refractivity contribution in [3.63, 3.8) is 0 Å². The summed E-state index contributed by atoms with van der Waals surface area (Å²) in [7, 11) is 1.89. The first-order chi connectivity index (χ1) is 5.39. The van der Waals surface area contributed by atoms with Crippen LogP contribution in [0.25, 0.3) is 0 Å². The molecular weight excluding hydrogens is 156 g/mol. The molecule has 3 heteroatoms. The Morgan fingerprint density at radius 1 is 1.18 bits per heavy atom. The van der Waals surface area contributed by atoms with E-state index < -0.39 is 0 Å². The van der Waals surface area contributed by atoms with Crippen LogP contribution in [-0.2, 0) is 7.05 Å². The molecule has 0 amide bonds. The van der Waals surface area contributed by atoms with E-state index in [0.29, 0.717) is 0 Å². The van der Waals surface area contributed by atoms with Crippen LogP contribution in [0.1, 0.15) is 0 Å². The highest BCUT2D eigenvalue weighted by molar-refractivity contribution is 7.07. The Bertz CT molecular complexity index is 230. The zero-order valence-corrected chi connectivity index (χ0v) is 7.16. The summed E-state index contributed by atoms with van der Waals surface area (Å²) >= 11 is 1.71. The van der Waals surface area contributed by atoms with Crippen LogP contribution in [0.15, 0.2) is 41.4 Å². The van der Waals surface area contributed by atoms with Gasteiger partial charge in [-0.25, -0.2) is 0 Å². The van der Waals surface area contributed by atoms with Crippen LogP contribution < -0.4 is 0 Å². The van der Waals surface area contributed by atoms with E-state index >= 15 is 0 Å². The Morgan fingerprint density at radius 2 is 1.91 bits per heavy atom.